The number of nitrogens with zero attached hydrogens (tertiary/aromatic N) is 1. The number of hydrogen-bond acceptors (Lipinski definition) is 8. The van der Waals surface area contributed by atoms with Crippen LogP contribution in [-0.4, -0.2) is 24.2 Å². The Bertz CT molecular complexity index is 1450. The summed E-state index contributed by atoms with van der Waals surface area (Å²) in [5.41, 5.74) is 3.33. The molecule has 0 radical (unpaired) electrons. The molecule has 1 aliphatic rings. The summed E-state index contributed by atoms with van der Waals surface area (Å²) in [6, 6.07) is 13.6. The maximum absolute atomic E-state index is 12.4. The molecule has 7 nitrogen and oxygen atoms in total. The summed E-state index contributed by atoms with van der Waals surface area (Å²) in [5.74, 6) is 1.06. The van der Waals surface area contributed by atoms with E-state index in [1.807, 2.05) is 24.3 Å². The number of benzene rings is 1. The third kappa shape index (κ3) is 10.3. The highest BCUT2D eigenvalue weighted by Gasteiger charge is 2.61. The maximum atomic E-state index is 12.4. The van der Waals surface area contributed by atoms with E-state index in [0.29, 0.717) is 13.2 Å². The molecule has 1 aromatic carbocycles. The standard InChI is InChI=1S/C22H26O3.C9H11Cl3NO3PS/c1-15(2)10-19-20(22(19,3)4)21(23)25-14-17-12-18(24-13-17)11-16-8-6-5-7-9-16;1-3-14-17(18,15-4-2)16-9-7(11)5-6(10)8(12)13-9/h5-10,12-13,19-20H,11,14H2,1-4H3;5H,3-4H2,1-2H3/t19-,20+;/m1./s1. The van der Waals surface area contributed by atoms with Crippen LogP contribution in [-0.2, 0) is 43.4 Å². The van der Waals surface area contributed by atoms with Gasteiger partial charge in [0.15, 0.2) is 5.15 Å². The molecule has 1 saturated carbocycles. The number of allylic oxidation sites excluding steroid dienone is 2. The van der Waals surface area contributed by atoms with Crippen molar-refractivity contribution < 1.29 is 27.5 Å². The van der Waals surface area contributed by atoms with Crippen molar-refractivity contribution in [3.05, 3.63) is 92.5 Å². The van der Waals surface area contributed by atoms with E-state index in [4.69, 9.17) is 69.3 Å². The van der Waals surface area contributed by atoms with Gasteiger partial charge in [0.2, 0.25) is 5.88 Å². The van der Waals surface area contributed by atoms with Crippen LogP contribution in [0.25, 0.3) is 0 Å². The van der Waals surface area contributed by atoms with Crippen molar-refractivity contribution >= 4 is 59.3 Å². The van der Waals surface area contributed by atoms with Crippen LogP contribution in [0.15, 0.2) is 64.8 Å². The van der Waals surface area contributed by atoms with E-state index in [9.17, 15) is 4.79 Å². The van der Waals surface area contributed by atoms with Gasteiger partial charge in [-0.2, -0.15) is 4.98 Å². The Morgan fingerprint density at radius 3 is 2.30 bits per heavy atom. The second-order valence-corrected chi connectivity index (χ2v) is 14.8. The molecule has 0 saturated heterocycles. The van der Waals surface area contributed by atoms with Crippen LogP contribution in [0.2, 0.25) is 15.2 Å². The van der Waals surface area contributed by atoms with E-state index in [1.165, 1.54) is 17.2 Å². The average Bonchev–Trinajstić information content (AvgIpc) is 3.23. The van der Waals surface area contributed by atoms with E-state index in [2.05, 4.69) is 50.9 Å². The number of pyridine rings is 1. The fourth-order valence-corrected chi connectivity index (χ4v) is 7.03. The third-order valence-electron chi connectivity index (χ3n) is 6.62. The molecule has 0 aliphatic heterocycles. The van der Waals surface area contributed by atoms with Crippen molar-refractivity contribution in [3.8, 4) is 5.88 Å². The quantitative estimate of drug-likeness (QED) is 0.0805. The predicted molar refractivity (Wildman–Crippen MR) is 175 cm³/mol. The Kier molecular flexibility index (Phi) is 13.2. The lowest BCUT2D eigenvalue weighted by atomic mass is 10.1. The summed E-state index contributed by atoms with van der Waals surface area (Å²) in [6.45, 7) is 10.0. The molecule has 2 heterocycles. The SMILES string of the molecule is CC(C)=C[C@@H]1[C@@H](C(=O)OCc2coc(Cc3ccccc3)c2)C1(C)C.CCOP(=S)(OCC)Oc1nc(Cl)c(Cl)cc1Cl. The minimum Gasteiger partial charge on any atom is -0.469 e. The lowest BCUT2D eigenvalue weighted by Crippen LogP contribution is -2.10. The van der Waals surface area contributed by atoms with Gasteiger partial charge >= 0.3 is 12.7 Å². The van der Waals surface area contributed by atoms with E-state index in [-0.39, 0.29) is 50.9 Å². The predicted octanol–water partition coefficient (Wildman–Crippen LogP) is 9.87. The summed E-state index contributed by atoms with van der Waals surface area (Å²) in [5, 5.41) is 0.499. The maximum Gasteiger partial charge on any atom is 0.381 e. The Hall–Kier alpha value is -1.90. The molecule has 0 amide bonds. The van der Waals surface area contributed by atoms with Gasteiger partial charge in [-0.15, -0.1) is 0 Å². The van der Waals surface area contributed by atoms with E-state index >= 15 is 0 Å². The highest BCUT2D eigenvalue weighted by atomic mass is 35.5. The molecular weight excluding hydrogens is 652 g/mol. The van der Waals surface area contributed by atoms with Crippen molar-refractivity contribution in [1.82, 2.24) is 4.98 Å². The van der Waals surface area contributed by atoms with Gasteiger partial charge in [-0.3, -0.25) is 13.8 Å². The van der Waals surface area contributed by atoms with Crippen molar-refractivity contribution in [3.63, 3.8) is 0 Å². The van der Waals surface area contributed by atoms with Gasteiger partial charge in [0.05, 0.1) is 30.4 Å². The second kappa shape index (κ2) is 15.9. The van der Waals surface area contributed by atoms with Gasteiger partial charge in [-0.05, 0) is 56.7 Å². The highest BCUT2D eigenvalue weighted by Crippen LogP contribution is 2.60. The van der Waals surface area contributed by atoms with Crippen molar-refractivity contribution in [2.75, 3.05) is 13.2 Å². The van der Waals surface area contributed by atoms with Crippen LogP contribution >= 0.6 is 41.5 Å². The Morgan fingerprint density at radius 2 is 1.70 bits per heavy atom. The minimum absolute atomic E-state index is 0.0107. The number of ether oxygens (including phenoxy) is 1. The van der Waals surface area contributed by atoms with Gasteiger partial charge in [0.25, 0.3) is 0 Å². The number of carbonyl (C=O) groups is 1. The second-order valence-electron chi connectivity index (χ2n) is 10.7. The van der Waals surface area contributed by atoms with Crippen LogP contribution in [0.5, 0.6) is 5.88 Å². The smallest absolute Gasteiger partial charge is 0.381 e. The molecular formula is C31H37Cl3NO6PS. The number of esters is 1. The van der Waals surface area contributed by atoms with Crippen molar-refractivity contribution in [2.24, 2.45) is 17.3 Å². The molecule has 43 heavy (non-hydrogen) atoms. The molecule has 2 atom stereocenters. The van der Waals surface area contributed by atoms with Gasteiger partial charge in [-0.25, -0.2) is 0 Å². The molecule has 4 rings (SSSR count). The zero-order chi connectivity index (χ0) is 31.8. The van der Waals surface area contributed by atoms with Gasteiger partial charge in [-0.1, -0.05) is 90.6 Å². The first kappa shape index (κ1) is 35.6. The van der Waals surface area contributed by atoms with Gasteiger partial charge in [0, 0.05) is 23.8 Å². The van der Waals surface area contributed by atoms with Crippen LogP contribution in [0, 0.1) is 17.3 Å². The Balaban J connectivity index is 0.000000250. The first-order valence-corrected chi connectivity index (χ1v) is 17.5. The number of hydrogen-bond donors (Lipinski definition) is 0. The van der Waals surface area contributed by atoms with E-state index in [0.717, 1.165) is 17.7 Å². The topological polar surface area (TPSA) is 80.0 Å². The number of carbonyl (C=O) groups excluding carboxylic acids is 1. The zero-order valence-corrected chi connectivity index (χ0v) is 29.0. The summed E-state index contributed by atoms with van der Waals surface area (Å²) >= 11 is 22.7. The molecule has 0 unspecified atom stereocenters. The van der Waals surface area contributed by atoms with Crippen molar-refractivity contribution in [1.29, 1.82) is 0 Å². The molecule has 12 heteroatoms. The lowest BCUT2D eigenvalue weighted by molar-refractivity contribution is -0.147. The molecule has 2 aromatic heterocycles. The average molecular weight is 689 g/mol. The Labute approximate surface area is 274 Å². The summed E-state index contributed by atoms with van der Waals surface area (Å²) < 4.78 is 27.2. The highest BCUT2D eigenvalue weighted by molar-refractivity contribution is 8.07. The molecule has 0 spiro atoms. The molecule has 3 aromatic rings. The molecule has 0 N–H and O–H groups in total. The molecule has 1 fully saturated rings. The normalized spacial score (nSPS) is 17.0. The molecule has 1 aliphatic carbocycles. The number of rotatable bonds is 12. The van der Waals surface area contributed by atoms with E-state index < -0.39 is 6.72 Å². The van der Waals surface area contributed by atoms with Crippen LogP contribution in [0.3, 0.4) is 0 Å². The number of aromatic nitrogens is 1. The fraction of sp³-hybridized carbons (Fsp3) is 0.419. The lowest BCUT2D eigenvalue weighted by Gasteiger charge is -2.20. The number of halogens is 3. The monoisotopic (exact) mass is 687 g/mol. The van der Waals surface area contributed by atoms with Crippen LogP contribution in [0.4, 0.5) is 0 Å². The van der Waals surface area contributed by atoms with Crippen LogP contribution in [0.1, 0.15) is 58.4 Å². The molecule has 0 bridgehead atoms. The molecule has 234 valence electrons. The minimum atomic E-state index is -2.92. The fourth-order valence-electron chi connectivity index (χ4n) is 4.44. The van der Waals surface area contributed by atoms with Crippen molar-refractivity contribution in [2.45, 2.75) is 54.6 Å². The zero-order valence-electron chi connectivity index (χ0n) is 25.1. The number of furan rings is 1. The summed E-state index contributed by atoms with van der Waals surface area (Å²) in [7, 11) is 0. The van der Waals surface area contributed by atoms with Gasteiger partial charge < -0.3 is 13.7 Å². The van der Waals surface area contributed by atoms with E-state index in [1.54, 1.807) is 20.1 Å². The Morgan fingerprint density at radius 1 is 1.05 bits per heavy atom. The first-order valence-electron chi connectivity index (χ1n) is 13.8. The third-order valence-corrected chi connectivity index (χ3v) is 9.96. The van der Waals surface area contributed by atoms with Gasteiger partial charge in [0.1, 0.15) is 17.4 Å². The van der Waals surface area contributed by atoms with Crippen LogP contribution < -0.4 is 4.52 Å². The summed E-state index contributed by atoms with van der Waals surface area (Å²) in [4.78, 5) is 16.3. The summed E-state index contributed by atoms with van der Waals surface area (Å²) in [6.07, 6.45) is 4.60. The largest absolute Gasteiger partial charge is 0.469 e. The first-order chi connectivity index (χ1) is 20.3.